The summed E-state index contributed by atoms with van der Waals surface area (Å²) in [7, 11) is 1.52. The highest BCUT2D eigenvalue weighted by Gasteiger charge is 2.34. The number of anilines is 2. The molecule has 0 radical (unpaired) electrons. The topological polar surface area (TPSA) is 101 Å². The monoisotopic (exact) mass is 512 g/mol. The van der Waals surface area contributed by atoms with E-state index >= 15 is 0 Å². The van der Waals surface area contributed by atoms with Gasteiger partial charge in [0.1, 0.15) is 17.6 Å². The van der Waals surface area contributed by atoms with E-state index in [1.54, 1.807) is 35.8 Å². The van der Waals surface area contributed by atoms with Crippen molar-refractivity contribution >= 4 is 39.9 Å². The number of hydrogen-bond acceptors (Lipinski definition) is 6. The highest BCUT2D eigenvalue weighted by atomic mass is 32.1. The van der Waals surface area contributed by atoms with Crippen molar-refractivity contribution < 1.29 is 23.5 Å². The maximum Gasteiger partial charge on any atom is 0.248 e. The van der Waals surface area contributed by atoms with Crippen molar-refractivity contribution in [2.45, 2.75) is 45.2 Å². The molecule has 3 amide bonds. The highest BCUT2D eigenvalue weighted by molar-refractivity contribution is 7.13. The van der Waals surface area contributed by atoms with Gasteiger partial charge in [0.15, 0.2) is 5.13 Å². The third-order valence-corrected chi connectivity index (χ3v) is 5.74. The summed E-state index contributed by atoms with van der Waals surface area (Å²) in [6.45, 7) is 5.49. The van der Waals surface area contributed by atoms with E-state index in [4.69, 9.17) is 4.74 Å². The van der Waals surface area contributed by atoms with E-state index in [0.29, 0.717) is 22.1 Å². The number of halogens is 1. The largest absolute Gasteiger partial charge is 0.497 e. The van der Waals surface area contributed by atoms with Crippen molar-refractivity contribution in [3.8, 4) is 5.75 Å². The van der Waals surface area contributed by atoms with E-state index in [2.05, 4.69) is 15.6 Å². The second-order valence-electron chi connectivity index (χ2n) is 9.04. The van der Waals surface area contributed by atoms with Gasteiger partial charge in [0.05, 0.1) is 7.11 Å². The van der Waals surface area contributed by atoms with Crippen LogP contribution in [0.2, 0.25) is 0 Å². The number of benzene rings is 2. The number of carbonyl (C=O) groups is 3. The van der Waals surface area contributed by atoms with Crippen LogP contribution in [0.5, 0.6) is 5.75 Å². The van der Waals surface area contributed by atoms with Gasteiger partial charge in [-0.1, -0.05) is 12.1 Å². The molecule has 0 spiro atoms. The van der Waals surface area contributed by atoms with Gasteiger partial charge in [-0.15, -0.1) is 11.3 Å². The first-order valence-corrected chi connectivity index (χ1v) is 12.2. The zero-order valence-corrected chi connectivity index (χ0v) is 21.4. The minimum Gasteiger partial charge on any atom is -0.497 e. The number of methoxy groups -OCH3 is 1. The SMILES string of the molecule is COc1ccc(N(C(=O)CCC(=O)Nc2nccs2)[C@@H](C(=O)NC(C)(C)C)c2ccc(F)cc2)cc1. The van der Waals surface area contributed by atoms with Crippen LogP contribution in [0.25, 0.3) is 0 Å². The number of ether oxygens (including phenoxy) is 1. The Morgan fingerprint density at radius 3 is 2.28 bits per heavy atom. The van der Waals surface area contributed by atoms with Crippen LogP contribution in [-0.4, -0.2) is 35.4 Å². The van der Waals surface area contributed by atoms with Crippen molar-refractivity contribution in [1.82, 2.24) is 10.3 Å². The molecule has 1 aromatic heterocycles. The van der Waals surface area contributed by atoms with Crippen LogP contribution in [0, 0.1) is 5.82 Å². The van der Waals surface area contributed by atoms with Gasteiger partial charge < -0.3 is 15.4 Å². The Bertz CT molecular complexity index is 1180. The summed E-state index contributed by atoms with van der Waals surface area (Å²) in [5.41, 5.74) is 0.270. The maximum atomic E-state index is 13.7. The quantitative estimate of drug-likeness (QED) is 0.433. The molecular weight excluding hydrogens is 483 g/mol. The third-order valence-electron chi connectivity index (χ3n) is 5.05. The fourth-order valence-corrected chi connectivity index (χ4v) is 4.03. The normalized spacial score (nSPS) is 11.9. The predicted octanol–water partition coefficient (Wildman–Crippen LogP) is 4.70. The summed E-state index contributed by atoms with van der Waals surface area (Å²) in [6, 6.07) is 11.0. The molecule has 190 valence electrons. The fourth-order valence-electron chi connectivity index (χ4n) is 3.49. The van der Waals surface area contributed by atoms with E-state index in [-0.39, 0.29) is 18.7 Å². The first-order chi connectivity index (χ1) is 17.1. The summed E-state index contributed by atoms with van der Waals surface area (Å²) < 4.78 is 18.9. The lowest BCUT2D eigenvalue weighted by atomic mass is 10.00. The Hall–Kier alpha value is -3.79. The maximum absolute atomic E-state index is 13.7. The van der Waals surface area contributed by atoms with Crippen molar-refractivity contribution in [3.63, 3.8) is 0 Å². The molecule has 0 aliphatic heterocycles. The molecule has 0 aliphatic rings. The number of carbonyl (C=O) groups excluding carboxylic acids is 3. The summed E-state index contributed by atoms with van der Waals surface area (Å²) in [6.07, 6.45) is 1.30. The number of rotatable bonds is 9. The Morgan fingerprint density at radius 1 is 1.06 bits per heavy atom. The number of hydrogen-bond donors (Lipinski definition) is 2. The van der Waals surface area contributed by atoms with Crippen LogP contribution >= 0.6 is 11.3 Å². The molecular formula is C26H29FN4O4S. The number of nitrogens with zero attached hydrogens (tertiary/aromatic N) is 2. The molecule has 1 heterocycles. The van der Waals surface area contributed by atoms with Crippen LogP contribution < -0.4 is 20.3 Å². The minimum atomic E-state index is -1.10. The summed E-state index contributed by atoms with van der Waals surface area (Å²) >= 11 is 1.27. The molecule has 2 N–H and O–H groups in total. The summed E-state index contributed by atoms with van der Waals surface area (Å²) in [5, 5.41) is 7.74. The fraction of sp³-hybridized carbons (Fsp3) is 0.308. The number of nitrogens with one attached hydrogen (secondary N) is 2. The lowest BCUT2D eigenvalue weighted by molar-refractivity contribution is -0.128. The van der Waals surface area contributed by atoms with E-state index in [1.807, 2.05) is 20.8 Å². The van der Waals surface area contributed by atoms with Gasteiger partial charge in [0.25, 0.3) is 0 Å². The standard InChI is InChI=1S/C26H29FN4O4S/c1-26(2,3)30-24(34)23(17-5-7-18(27)8-6-17)31(19-9-11-20(35-4)12-10-19)22(33)14-13-21(32)29-25-28-15-16-36-25/h5-12,15-16,23H,13-14H2,1-4H3,(H,30,34)(H,28,29,32)/t23-/m1/s1. The molecule has 0 unspecified atom stereocenters. The van der Waals surface area contributed by atoms with Gasteiger partial charge in [-0.2, -0.15) is 0 Å². The second kappa shape index (κ2) is 11.8. The lowest BCUT2D eigenvalue weighted by Crippen LogP contribution is -2.49. The van der Waals surface area contributed by atoms with Crippen LogP contribution in [0.15, 0.2) is 60.1 Å². The third kappa shape index (κ3) is 7.35. The Kier molecular flexibility index (Phi) is 8.76. The molecule has 0 saturated heterocycles. The van der Waals surface area contributed by atoms with E-state index in [0.717, 1.165) is 0 Å². The van der Waals surface area contributed by atoms with E-state index in [1.165, 1.54) is 47.6 Å². The first kappa shape index (κ1) is 26.8. The molecule has 3 aromatic rings. The number of amides is 3. The first-order valence-electron chi connectivity index (χ1n) is 11.3. The summed E-state index contributed by atoms with van der Waals surface area (Å²) in [5.74, 6) is -1.15. The van der Waals surface area contributed by atoms with Crippen LogP contribution in [0.4, 0.5) is 15.2 Å². The van der Waals surface area contributed by atoms with Crippen molar-refractivity contribution in [1.29, 1.82) is 0 Å². The Morgan fingerprint density at radius 2 is 1.72 bits per heavy atom. The van der Waals surface area contributed by atoms with Gasteiger partial charge in [0.2, 0.25) is 17.7 Å². The molecule has 8 nitrogen and oxygen atoms in total. The average Bonchev–Trinajstić information content (AvgIpc) is 3.33. The van der Waals surface area contributed by atoms with E-state index < -0.39 is 29.2 Å². The average molecular weight is 513 g/mol. The van der Waals surface area contributed by atoms with Gasteiger partial charge >= 0.3 is 0 Å². The molecule has 0 bridgehead atoms. The van der Waals surface area contributed by atoms with Gasteiger partial charge in [-0.05, 0) is 62.7 Å². The Labute approximate surface area is 213 Å². The molecule has 3 rings (SSSR count). The zero-order chi connectivity index (χ0) is 26.3. The molecule has 0 saturated carbocycles. The van der Waals surface area contributed by atoms with E-state index in [9.17, 15) is 18.8 Å². The minimum absolute atomic E-state index is 0.109. The molecule has 0 fully saturated rings. The van der Waals surface area contributed by atoms with Gasteiger partial charge in [-0.25, -0.2) is 9.37 Å². The van der Waals surface area contributed by atoms with Crippen molar-refractivity contribution in [3.05, 3.63) is 71.5 Å². The summed E-state index contributed by atoms with van der Waals surface area (Å²) in [4.78, 5) is 44.9. The molecule has 2 aromatic carbocycles. The van der Waals surface area contributed by atoms with Crippen molar-refractivity contribution in [2.75, 3.05) is 17.3 Å². The highest BCUT2D eigenvalue weighted by Crippen LogP contribution is 2.31. The molecule has 0 aliphatic carbocycles. The zero-order valence-electron chi connectivity index (χ0n) is 20.6. The number of thiazole rings is 1. The second-order valence-corrected chi connectivity index (χ2v) is 9.94. The van der Waals surface area contributed by atoms with Crippen LogP contribution in [0.1, 0.15) is 45.2 Å². The smallest absolute Gasteiger partial charge is 0.248 e. The molecule has 1 atom stereocenters. The lowest BCUT2D eigenvalue weighted by Gasteiger charge is -2.34. The van der Waals surface area contributed by atoms with Crippen LogP contribution in [-0.2, 0) is 14.4 Å². The predicted molar refractivity (Wildman–Crippen MR) is 137 cm³/mol. The van der Waals surface area contributed by atoms with Crippen LogP contribution in [0.3, 0.4) is 0 Å². The van der Waals surface area contributed by atoms with Gasteiger partial charge in [-0.3, -0.25) is 19.3 Å². The number of aromatic nitrogens is 1. The molecule has 36 heavy (non-hydrogen) atoms. The van der Waals surface area contributed by atoms with Crippen molar-refractivity contribution in [2.24, 2.45) is 0 Å². The molecule has 10 heteroatoms. The van der Waals surface area contributed by atoms with Gasteiger partial charge in [0, 0.05) is 35.6 Å². The Balaban J connectivity index is 1.97.